The molecule has 0 aliphatic rings. The molecule has 0 aliphatic heterocycles. The van der Waals surface area contributed by atoms with E-state index < -0.39 is 17.9 Å². The predicted molar refractivity (Wildman–Crippen MR) is 167 cm³/mol. The summed E-state index contributed by atoms with van der Waals surface area (Å²) in [6, 6.07) is 28.4. The molecule has 0 spiro atoms. The van der Waals surface area contributed by atoms with Crippen LogP contribution >= 0.6 is 0 Å². The van der Waals surface area contributed by atoms with Crippen molar-refractivity contribution in [3.8, 4) is 0 Å². The SMILES string of the molecule is O=C(O)Cc1ccc(/C=C/c2cc(/C=C/c3ccc(CC(=O)O)cc3)cc(/C=C/c3ccc(CC(=O)O)cc3)c2)cc1. The normalized spacial score (nSPS) is 11.4. The van der Waals surface area contributed by atoms with Crippen molar-refractivity contribution in [1.82, 2.24) is 0 Å². The van der Waals surface area contributed by atoms with Gasteiger partial charge in [-0.1, -0.05) is 109 Å². The fraction of sp³-hybridized carbons (Fsp3) is 0.0833. The predicted octanol–water partition coefficient (Wildman–Crippen LogP) is 7.08. The molecule has 0 bridgehead atoms. The fourth-order valence-corrected chi connectivity index (χ4v) is 4.33. The Kier molecular flexibility index (Phi) is 9.99. The van der Waals surface area contributed by atoms with E-state index in [9.17, 15) is 14.4 Å². The van der Waals surface area contributed by atoms with Crippen molar-refractivity contribution >= 4 is 54.4 Å². The van der Waals surface area contributed by atoms with Gasteiger partial charge in [0.1, 0.15) is 0 Å². The molecule has 6 heteroatoms. The summed E-state index contributed by atoms with van der Waals surface area (Å²) in [5.41, 5.74) is 7.99. The van der Waals surface area contributed by atoms with E-state index in [4.69, 9.17) is 15.3 Å². The Morgan fingerprint density at radius 1 is 0.381 bits per heavy atom. The van der Waals surface area contributed by atoms with Crippen molar-refractivity contribution in [2.24, 2.45) is 0 Å². The number of carbonyl (C=O) groups is 3. The third-order valence-corrected chi connectivity index (χ3v) is 6.41. The third-order valence-electron chi connectivity index (χ3n) is 6.41. The van der Waals surface area contributed by atoms with Crippen LogP contribution in [0.25, 0.3) is 36.5 Å². The molecule has 42 heavy (non-hydrogen) atoms. The van der Waals surface area contributed by atoms with Gasteiger partial charge in [0.2, 0.25) is 0 Å². The molecule has 0 aromatic heterocycles. The first-order valence-electron chi connectivity index (χ1n) is 13.3. The summed E-state index contributed by atoms with van der Waals surface area (Å²) in [6.45, 7) is 0. The Balaban J connectivity index is 1.58. The first-order valence-corrected chi connectivity index (χ1v) is 13.3. The third kappa shape index (κ3) is 9.61. The van der Waals surface area contributed by atoms with Crippen LogP contribution in [0.3, 0.4) is 0 Å². The molecule has 0 heterocycles. The summed E-state index contributed by atoms with van der Waals surface area (Å²) in [4.78, 5) is 32.9. The van der Waals surface area contributed by atoms with Gasteiger partial charge < -0.3 is 15.3 Å². The van der Waals surface area contributed by atoms with Crippen molar-refractivity contribution in [2.45, 2.75) is 19.3 Å². The molecule has 210 valence electrons. The summed E-state index contributed by atoms with van der Waals surface area (Å²) in [6.07, 6.45) is 11.9. The van der Waals surface area contributed by atoms with E-state index in [0.29, 0.717) is 0 Å². The number of carboxylic acids is 3. The molecular weight excluding hydrogens is 528 g/mol. The maximum absolute atomic E-state index is 11.0. The van der Waals surface area contributed by atoms with Crippen LogP contribution in [0, 0.1) is 0 Å². The average molecular weight is 559 g/mol. The Bertz CT molecular complexity index is 1430. The van der Waals surface area contributed by atoms with Gasteiger partial charge in [-0.05, 0) is 68.3 Å². The Labute approximate surface area is 244 Å². The van der Waals surface area contributed by atoms with Crippen LogP contribution in [-0.4, -0.2) is 33.2 Å². The van der Waals surface area contributed by atoms with E-state index in [1.54, 1.807) is 0 Å². The van der Waals surface area contributed by atoms with Crippen LogP contribution in [-0.2, 0) is 33.6 Å². The maximum atomic E-state index is 11.0. The van der Waals surface area contributed by atoms with E-state index in [-0.39, 0.29) is 19.3 Å². The van der Waals surface area contributed by atoms with E-state index in [2.05, 4.69) is 18.2 Å². The summed E-state index contributed by atoms with van der Waals surface area (Å²) < 4.78 is 0. The summed E-state index contributed by atoms with van der Waals surface area (Å²) in [7, 11) is 0. The number of hydrogen-bond donors (Lipinski definition) is 3. The molecule has 3 N–H and O–H groups in total. The Hall–Kier alpha value is -5.49. The zero-order valence-electron chi connectivity index (χ0n) is 22.8. The quantitative estimate of drug-likeness (QED) is 0.160. The van der Waals surface area contributed by atoms with Gasteiger partial charge in [0, 0.05) is 0 Å². The van der Waals surface area contributed by atoms with E-state index >= 15 is 0 Å². The van der Waals surface area contributed by atoms with Crippen molar-refractivity contribution < 1.29 is 29.7 Å². The molecule has 0 amide bonds. The molecule has 0 unspecified atom stereocenters. The van der Waals surface area contributed by atoms with E-state index in [1.165, 1.54) is 0 Å². The Morgan fingerprint density at radius 2 is 0.595 bits per heavy atom. The second-order valence-electron chi connectivity index (χ2n) is 9.87. The second kappa shape index (κ2) is 14.2. The minimum Gasteiger partial charge on any atom is -0.481 e. The van der Waals surface area contributed by atoms with Crippen LogP contribution in [0.1, 0.15) is 50.1 Å². The number of aliphatic carboxylic acids is 3. The monoisotopic (exact) mass is 558 g/mol. The van der Waals surface area contributed by atoms with Crippen molar-refractivity contribution in [3.63, 3.8) is 0 Å². The topological polar surface area (TPSA) is 112 Å². The van der Waals surface area contributed by atoms with Crippen LogP contribution in [0.5, 0.6) is 0 Å². The minimum atomic E-state index is -0.865. The van der Waals surface area contributed by atoms with Gasteiger partial charge in [-0.3, -0.25) is 14.4 Å². The van der Waals surface area contributed by atoms with Crippen LogP contribution in [0.15, 0.2) is 91.0 Å². The molecule has 0 radical (unpaired) electrons. The second-order valence-corrected chi connectivity index (χ2v) is 9.87. The lowest BCUT2D eigenvalue weighted by Crippen LogP contribution is -1.99. The Morgan fingerprint density at radius 3 is 0.810 bits per heavy atom. The summed E-state index contributed by atoms with van der Waals surface area (Å²) >= 11 is 0. The first-order chi connectivity index (χ1) is 20.2. The van der Waals surface area contributed by atoms with Gasteiger partial charge in [0.05, 0.1) is 19.3 Å². The average Bonchev–Trinajstić information content (AvgIpc) is 2.95. The molecule has 4 aromatic rings. The molecule has 6 nitrogen and oxygen atoms in total. The smallest absolute Gasteiger partial charge is 0.307 e. The van der Waals surface area contributed by atoms with Crippen molar-refractivity contribution in [2.75, 3.05) is 0 Å². The molecule has 4 rings (SSSR count). The van der Waals surface area contributed by atoms with Crippen molar-refractivity contribution in [1.29, 1.82) is 0 Å². The van der Waals surface area contributed by atoms with Crippen LogP contribution < -0.4 is 0 Å². The lowest BCUT2D eigenvalue weighted by molar-refractivity contribution is -0.137. The van der Waals surface area contributed by atoms with E-state index in [1.807, 2.05) is 109 Å². The number of benzene rings is 4. The molecule has 0 fully saturated rings. The molecule has 0 saturated heterocycles. The molecule has 0 saturated carbocycles. The van der Waals surface area contributed by atoms with Gasteiger partial charge in [-0.15, -0.1) is 0 Å². The lowest BCUT2D eigenvalue weighted by atomic mass is 10.0. The fourth-order valence-electron chi connectivity index (χ4n) is 4.33. The van der Waals surface area contributed by atoms with Gasteiger partial charge >= 0.3 is 17.9 Å². The summed E-state index contributed by atoms with van der Waals surface area (Å²) in [5, 5.41) is 27.0. The van der Waals surface area contributed by atoms with Gasteiger partial charge in [-0.2, -0.15) is 0 Å². The van der Waals surface area contributed by atoms with Crippen molar-refractivity contribution in [3.05, 3.63) is 141 Å². The highest BCUT2D eigenvalue weighted by Gasteiger charge is 2.02. The summed E-state index contributed by atoms with van der Waals surface area (Å²) in [5.74, 6) is -2.59. The number of hydrogen-bond acceptors (Lipinski definition) is 3. The van der Waals surface area contributed by atoms with Gasteiger partial charge in [0.25, 0.3) is 0 Å². The highest BCUT2D eigenvalue weighted by molar-refractivity contribution is 5.79. The molecule has 0 atom stereocenters. The lowest BCUT2D eigenvalue weighted by Gasteiger charge is -2.04. The first kappa shape index (κ1) is 29.5. The number of rotatable bonds is 12. The number of carboxylic acid groups (broad SMARTS) is 3. The molecule has 0 aliphatic carbocycles. The highest BCUT2D eigenvalue weighted by atomic mass is 16.4. The van der Waals surface area contributed by atoms with E-state index in [0.717, 1.165) is 50.1 Å². The van der Waals surface area contributed by atoms with Gasteiger partial charge in [-0.25, -0.2) is 0 Å². The zero-order chi connectivity index (χ0) is 29.9. The van der Waals surface area contributed by atoms with Crippen LogP contribution in [0.4, 0.5) is 0 Å². The molecular formula is C36H30O6. The minimum absolute atomic E-state index is 0.0152. The van der Waals surface area contributed by atoms with Gasteiger partial charge in [0.15, 0.2) is 0 Å². The zero-order valence-corrected chi connectivity index (χ0v) is 22.8. The largest absolute Gasteiger partial charge is 0.481 e. The standard InChI is InChI=1S/C36H30O6/c37-34(38)22-28-10-1-25(2-11-28)7-16-31-19-32(17-8-26-3-12-29(13-4-26)23-35(39)40)21-33(20-31)18-9-27-5-14-30(15-6-27)24-36(41)42/h1-21H,22-24H2,(H,37,38)(H,39,40)(H,41,42)/b16-7+,17-8+,18-9+. The molecule has 4 aromatic carbocycles. The maximum Gasteiger partial charge on any atom is 0.307 e. The van der Waals surface area contributed by atoms with Crippen LogP contribution in [0.2, 0.25) is 0 Å². The highest BCUT2D eigenvalue weighted by Crippen LogP contribution is 2.20.